The molecule has 1 spiro atoms. The number of esters is 1. The van der Waals surface area contributed by atoms with E-state index in [1.165, 1.54) is 4.90 Å². The van der Waals surface area contributed by atoms with Crippen LogP contribution in [-0.2, 0) is 41.7 Å². The molecule has 13 heteroatoms. The Morgan fingerprint density at radius 3 is 2.42 bits per heavy atom. The number of rotatable bonds is 7. The number of cyclic esters (lactones) is 1. The van der Waals surface area contributed by atoms with Crippen LogP contribution in [-0.4, -0.2) is 109 Å². The van der Waals surface area contributed by atoms with E-state index in [0.29, 0.717) is 17.5 Å². The lowest BCUT2D eigenvalue weighted by atomic mass is 9.77. The van der Waals surface area contributed by atoms with Gasteiger partial charge in [0.1, 0.15) is 35.9 Å². The lowest BCUT2D eigenvalue weighted by molar-refractivity contribution is -0.164. The van der Waals surface area contributed by atoms with Crippen molar-refractivity contribution < 1.29 is 33.8 Å². The van der Waals surface area contributed by atoms with Gasteiger partial charge in [0.2, 0.25) is 11.8 Å². The molecule has 4 aliphatic rings. The highest BCUT2D eigenvalue weighted by Crippen LogP contribution is 2.54. The van der Waals surface area contributed by atoms with Crippen molar-refractivity contribution in [3.05, 3.63) is 120 Å². The van der Waals surface area contributed by atoms with Crippen molar-refractivity contribution in [2.45, 2.75) is 68.8 Å². The number of aliphatic hydroxyl groups excluding tert-OH is 1. The highest BCUT2D eigenvalue weighted by Gasteiger charge is 2.72. The molecule has 0 unspecified atom stereocenters. The van der Waals surface area contributed by atoms with Gasteiger partial charge in [-0.15, -0.1) is 5.10 Å². The number of aromatic nitrogens is 3. The minimum atomic E-state index is -1.59. The van der Waals surface area contributed by atoms with E-state index in [9.17, 15) is 14.7 Å². The van der Waals surface area contributed by atoms with Gasteiger partial charge in [0.15, 0.2) is 0 Å². The molecule has 0 aliphatic carbocycles. The highest BCUT2D eigenvalue weighted by molar-refractivity contribution is 5.99. The zero-order chi connectivity index (χ0) is 38.3. The third kappa shape index (κ3) is 6.40. The van der Waals surface area contributed by atoms with Crippen molar-refractivity contribution in [3.63, 3.8) is 0 Å². The third-order valence-electron chi connectivity index (χ3n) is 11.6. The predicted octanol–water partition coefficient (Wildman–Crippen LogP) is 3.45. The fourth-order valence-electron chi connectivity index (χ4n) is 8.72. The number of amides is 3. The lowest BCUT2D eigenvalue weighted by Crippen LogP contribution is -2.58. The second-order valence-electron chi connectivity index (χ2n) is 14.8. The van der Waals surface area contributed by atoms with Crippen molar-refractivity contribution in [3.8, 4) is 0 Å². The van der Waals surface area contributed by atoms with Gasteiger partial charge in [-0.05, 0) is 43.0 Å². The predicted molar refractivity (Wildman–Crippen MR) is 200 cm³/mol. The molecule has 55 heavy (non-hydrogen) atoms. The Bertz CT molecular complexity index is 2140. The molecule has 13 nitrogen and oxygen atoms in total. The number of carbonyl (C=O) groups is 4. The molecule has 4 aromatic rings. The van der Waals surface area contributed by atoms with Crippen LogP contribution in [0.25, 0.3) is 11.0 Å². The Morgan fingerprint density at radius 1 is 0.927 bits per heavy atom. The zero-order valence-electron chi connectivity index (χ0n) is 30.8. The number of likely N-dealkylation sites (tertiary alicyclic amines) is 1. The smallest absolute Gasteiger partial charge is 0.313 e. The number of hydrogen-bond acceptors (Lipinski definition) is 9. The Morgan fingerprint density at radius 2 is 1.65 bits per heavy atom. The van der Waals surface area contributed by atoms with Gasteiger partial charge in [-0.25, -0.2) is 4.68 Å². The SMILES string of the molecule is C[C@H]1[C@H](c2ccccc2)OC(=O)[C@@H]2[C@H](/C=C\CCC(=O)N1C)O[C@@]13C=CCN(Cn4nnc5ccccc54)C(=O)[C@@H]1N([C@@H](CO)Cc1ccccc1)C(=O)[C@@H]23. The summed E-state index contributed by atoms with van der Waals surface area (Å²) >= 11 is 0. The molecule has 3 amide bonds. The standard InChI is InChI=1S/C42H44N6O7/c1-27-37(29-16-7-4-8-17-29)54-41(53)35-33(20-11-12-21-34(50)45(27)2)55-42-22-13-23-46(26-47-32-19-10-9-18-31(32)43-44-47)40(52)38(42)48(39(51)36(35)42)30(25-49)24-28-14-5-3-6-15-28/h3-11,13-20,22,27,30,33,35-38,49H,12,21,23-26H2,1-2H3/b20-11-/t27-,30+,33-,35+,36+,37+,38-,42+/m0/s1. The van der Waals surface area contributed by atoms with E-state index in [1.54, 1.807) is 45.8 Å². The van der Waals surface area contributed by atoms with Crippen LogP contribution in [0.3, 0.4) is 0 Å². The molecule has 0 radical (unpaired) electrons. The molecule has 3 aromatic carbocycles. The van der Waals surface area contributed by atoms with E-state index in [0.717, 1.165) is 11.1 Å². The number of benzene rings is 3. The maximum Gasteiger partial charge on any atom is 0.313 e. The van der Waals surface area contributed by atoms with Gasteiger partial charge < -0.3 is 29.3 Å². The van der Waals surface area contributed by atoms with Crippen LogP contribution >= 0.6 is 0 Å². The number of allylic oxidation sites excluding steroid dienone is 1. The number of hydrogen-bond donors (Lipinski definition) is 1. The van der Waals surface area contributed by atoms with Crippen molar-refractivity contribution in [1.29, 1.82) is 0 Å². The summed E-state index contributed by atoms with van der Waals surface area (Å²) in [6.07, 6.45) is 6.14. The van der Waals surface area contributed by atoms with Crippen molar-refractivity contribution >= 4 is 34.7 Å². The van der Waals surface area contributed by atoms with E-state index in [4.69, 9.17) is 9.47 Å². The first-order valence-corrected chi connectivity index (χ1v) is 18.8. The van der Waals surface area contributed by atoms with Gasteiger partial charge in [-0.3, -0.25) is 19.2 Å². The van der Waals surface area contributed by atoms with Crippen LogP contribution in [0.1, 0.15) is 37.0 Å². The summed E-state index contributed by atoms with van der Waals surface area (Å²) in [6, 6.07) is 23.5. The van der Waals surface area contributed by atoms with E-state index in [1.807, 2.05) is 91.9 Å². The molecule has 0 bridgehead atoms. The van der Waals surface area contributed by atoms with E-state index in [-0.39, 0.29) is 32.0 Å². The third-order valence-corrected chi connectivity index (χ3v) is 11.6. The number of fused-ring (bicyclic) bond motifs is 3. The normalized spacial score (nSPS) is 29.5. The van der Waals surface area contributed by atoms with E-state index >= 15 is 9.59 Å². The first kappa shape index (κ1) is 36.3. The Hall–Kier alpha value is -5.66. The molecular weight excluding hydrogens is 700 g/mol. The quantitative estimate of drug-likeness (QED) is 0.222. The number of nitrogens with zero attached hydrogens (tertiary/aromatic N) is 6. The average molecular weight is 745 g/mol. The molecule has 1 N–H and O–H groups in total. The van der Waals surface area contributed by atoms with Gasteiger partial charge >= 0.3 is 5.97 Å². The molecule has 8 rings (SSSR count). The fourth-order valence-corrected chi connectivity index (χ4v) is 8.72. The van der Waals surface area contributed by atoms with E-state index < -0.39 is 72.2 Å². The Balaban J connectivity index is 1.22. The van der Waals surface area contributed by atoms with Crippen LogP contribution in [0.5, 0.6) is 0 Å². The summed E-state index contributed by atoms with van der Waals surface area (Å²) in [6.45, 7) is 1.61. The van der Waals surface area contributed by atoms with Crippen LogP contribution < -0.4 is 0 Å². The van der Waals surface area contributed by atoms with Crippen molar-refractivity contribution in [2.24, 2.45) is 11.8 Å². The molecule has 8 atom stereocenters. The summed E-state index contributed by atoms with van der Waals surface area (Å²) in [5.74, 6) is -3.98. The maximum absolute atomic E-state index is 15.2. The van der Waals surface area contributed by atoms with Crippen LogP contribution in [0.2, 0.25) is 0 Å². The summed E-state index contributed by atoms with van der Waals surface area (Å²) < 4.78 is 15.0. The monoisotopic (exact) mass is 744 g/mol. The van der Waals surface area contributed by atoms with Crippen molar-refractivity contribution in [2.75, 3.05) is 20.2 Å². The molecule has 1 aromatic heterocycles. The average Bonchev–Trinajstić information content (AvgIpc) is 3.81. The maximum atomic E-state index is 15.2. The molecule has 4 aliphatic heterocycles. The van der Waals surface area contributed by atoms with Gasteiger partial charge in [-0.1, -0.05) is 102 Å². The zero-order valence-corrected chi connectivity index (χ0v) is 30.8. The van der Waals surface area contributed by atoms with Crippen molar-refractivity contribution in [1.82, 2.24) is 29.7 Å². The van der Waals surface area contributed by atoms with E-state index in [2.05, 4.69) is 10.3 Å². The second-order valence-corrected chi connectivity index (χ2v) is 14.8. The van der Waals surface area contributed by atoms with Crippen LogP contribution in [0.4, 0.5) is 0 Å². The summed E-state index contributed by atoms with van der Waals surface area (Å²) in [4.78, 5) is 63.0. The topological polar surface area (TPSA) is 147 Å². The summed E-state index contributed by atoms with van der Waals surface area (Å²) in [5, 5.41) is 19.5. The Labute approximate surface area is 318 Å². The first-order valence-electron chi connectivity index (χ1n) is 18.8. The number of para-hydroxylation sites is 1. The molecule has 284 valence electrons. The number of aliphatic hydroxyl groups is 1. The lowest BCUT2D eigenvalue weighted by Gasteiger charge is -2.38. The Kier molecular flexibility index (Phi) is 9.82. The van der Waals surface area contributed by atoms with Crippen LogP contribution in [0, 0.1) is 11.8 Å². The highest BCUT2D eigenvalue weighted by atomic mass is 16.6. The number of ether oxygens (including phenoxy) is 2. The second kappa shape index (κ2) is 14.9. The minimum absolute atomic E-state index is 0.0401. The molecule has 0 saturated carbocycles. The van der Waals surface area contributed by atoms with Gasteiger partial charge in [-0.2, -0.15) is 0 Å². The molecular formula is C42H44N6O7. The fraction of sp³-hybridized carbons (Fsp3) is 0.381. The molecule has 2 saturated heterocycles. The molecule has 5 heterocycles. The van der Waals surface area contributed by atoms with Crippen LogP contribution in [0.15, 0.2) is 109 Å². The molecule has 2 fully saturated rings. The van der Waals surface area contributed by atoms with Gasteiger partial charge in [0, 0.05) is 20.0 Å². The number of carbonyl (C=O) groups excluding carboxylic acids is 4. The van der Waals surface area contributed by atoms with Gasteiger partial charge in [0.25, 0.3) is 5.91 Å². The largest absolute Gasteiger partial charge is 0.455 e. The number of likely N-dealkylation sites (N-methyl/N-ethyl adjacent to an activating group) is 1. The summed E-state index contributed by atoms with van der Waals surface area (Å²) in [7, 11) is 1.70. The van der Waals surface area contributed by atoms with Gasteiger partial charge in [0.05, 0.1) is 36.2 Å². The minimum Gasteiger partial charge on any atom is -0.455 e. The first-order chi connectivity index (χ1) is 26.7. The summed E-state index contributed by atoms with van der Waals surface area (Å²) in [5.41, 5.74) is 1.39.